The van der Waals surface area contributed by atoms with Gasteiger partial charge in [-0.15, -0.1) is 0 Å². The molecule has 0 aromatic heterocycles. The van der Waals surface area contributed by atoms with E-state index in [0.29, 0.717) is 34.5 Å². The van der Waals surface area contributed by atoms with Gasteiger partial charge in [0.25, 0.3) is 11.8 Å². The second-order valence-corrected chi connectivity index (χ2v) is 7.90. The molecule has 33 heavy (non-hydrogen) atoms. The van der Waals surface area contributed by atoms with Gasteiger partial charge in [0, 0.05) is 23.4 Å². The smallest absolute Gasteiger partial charge is 0.338 e. The third kappa shape index (κ3) is 6.53. The molecule has 0 saturated heterocycles. The average Bonchev–Trinajstić information content (AvgIpc) is 2.81. The maximum absolute atomic E-state index is 13.1. The second-order valence-electron chi connectivity index (χ2n) is 7.90. The van der Waals surface area contributed by atoms with Gasteiger partial charge in [0.2, 0.25) is 0 Å². The van der Waals surface area contributed by atoms with E-state index in [-0.39, 0.29) is 23.3 Å². The van der Waals surface area contributed by atoms with Crippen LogP contribution in [0.5, 0.6) is 0 Å². The van der Waals surface area contributed by atoms with Gasteiger partial charge >= 0.3 is 5.97 Å². The van der Waals surface area contributed by atoms with Crippen LogP contribution in [-0.2, 0) is 4.74 Å². The zero-order valence-corrected chi connectivity index (χ0v) is 19.5. The number of hydrogen-bond donors (Lipinski definition) is 2. The molecule has 2 N–H and O–H groups in total. The Balaban J connectivity index is 2.62. The third-order valence-corrected chi connectivity index (χ3v) is 4.85. The molecule has 0 radical (unpaired) electrons. The summed E-state index contributed by atoms with van der Waals surface area (Å²) in [7, 11) is 1.27. The molecule has 0 heterocycles. The molecular formula is C27H30N2O4. The van der Waals surface area contributed by atoms with Crippen molar-refractivity contribution in [2.45, 2.75) is 20.8 Å². The van der Waals surface area contributed by atoms with Crippen LogP contribution < -0.4 is 10.6 Å². The van der Waals surface area contributed by atoms with E-state index in [1.165, 1.54) is 13.2 Å². The first-order valence-corrected chi connectivity index (χ1v) is 10.6. The summed E-state index contributed by atoms with van der Waals surface area (Å²) < 4.78 is 4.97. The normalized spacial score (nSPS) is 11.0. The molecule has 172 valence electrons. The van der Waals surface area contributed by atoms with Crippen LogP contribution in [0.4, 0.5) is 0 Å². The Morgan fingerprint density at radius 3 is 2.27 bits per heavy atom. The van der Waals surface area contributed by atoms with Gasteiger partial charge in [0.15, 0.2) is 0 Å². The molecule has 0 fully saturated rings. The summed E-state index contributed by atoms with van der Waals surface area (Å²) in [6.45, 7) is 13.7. The van der Waals surface area contributed by atoms with Crippen LogP contribution in [-0.4, -0.2) is 31.4 Å². The van der Waals surface area contributed by atoms with Crippen LogP contribution >= 0.6 is 0 Å². The van der Waals surface area contributed by atoms with Crippen molar-refractivity contribution in [1.29, 1.82) is 0 Å². The van der Waals surface area contributed by atoms with E-state index >= 15 is 0 Å². The van der Waals surface area contributed by atoms with Gasteiger partial charge < -0.3 is 15.4 Å². The van der Waals surface area contributed by atoms with E-state index < -0.39 is 5.97 Å². The summed E-state index contributed by atoms with van der Waals surface area (Å²) in [6, 6.07) is 10.0. The predicted molar refractivity (Wildman–Crippen MR) is 132 cm³/mol. The lowest BCUT2D eigenvalue weighted by molar-refractivity contribution is 0.0601. The molecule has 6 heteroatoms. The van der Waals surface area contributed by atoms with Gasteiger partial charge in [-0.1, -0.05) is 57.4 Å². The number of esters is 1. The molecule has 2 rings (SSSR count). The fraction of sp³-hybridized carbons (Fsp3) is 0.222. The van der Waals surface area contributed by atoms with Crippen molar-refractivity contribution in [3.05, 3.63) is 89.7 Å². The second kappa shape index (κ2) is 11.6. The van der Waals surface area contributed by atoms with Crippen LogP contribution in [0.1, 0.15) is 57.4 Å². The van der Waals surface area contributed by atoms with Crippen LogP contribution in [0.3, 0.4) is 0 Å². The number of nitrogens with one attached hydrogen (secondary N) is 2. The third-order valence-electron chi connectivity index (χ3n) is 4.85. The van der Waals surface area contributed by atoms with Crippen LogP contribution in [0, 0.1) is 5.92 Å². The van der Waals surface area contributed by atoms with Crippen LogP contribution in [0.2, 0.25) is 0 Å². The van der Waals surface area contributed by atoms with E-state index in [2.05, 4.69) is 23.8 Å². The van der Waals surface area contributed by atoms with Crippen LogP contribution in [0.25, 0.3) is 17.2 Å². The number of ether oxygens (including phenoxy) is 1. The molecule has 0 bridgehead atoms. The van der Waals surface area contributed by atoms with E-state index in [1.54, 1.807) is 55.5 Å². The summed E-state index contributed by atoms with van der Waals surface area (Å²) in [6.07, 6.45) is 4.89. The number of allylic oxidation sites excluding steroid dienone is 3. The van der Waals surface area contributed by atoms with Crippen LogP contribution in [0.15, 0.2) is 67.4 Å². The SMILES string of the molecule is C=C/C=C(\C)NC(=O)c1cc(C=C)ccc1-c1ccc(C(=O)NCC(C)C)cc1C(=O)OC. The number of benzene rings is 2. The standard InChI is InChI=1S/C27H30N2O4/c1-7-9-18(5)29-26(31)23-14-19(8-2)10-12-21(23)22-13-11-20(15-24(22)27(32)33-6)25(30)28-16-17(3)4/h7-15,17H,1-2,16H2,3-6H3,(H,28,30)(H,29,31)/b18-9+. The first-order valence-electron chi connectivity index (χ1n) is 10.6. The molecule has 0 unspecified atom stereocenters. The molecule has 0 saturated carbocycles. The highest BCUT2D eigenvalue weighted by Gasteiger charge is 2.21. The van der Waals surface area contributed by atoms with Gasteiger partial charge in [0.05, 0.1) is 12.7 Å². The Bertz CT molecular complexity index is 1110. The summed E-state index contributed by atoms with van der Waals surface area (Å²) in [5.74, 6) is -0.953. The maximum Gasteiger partial charge on any atom is 0.338 e. The molecule has 0 atom stereocenters. The van der Waals surface area contributed by atoms with Crippen molar-refractivity contribution < 1.29 is 19.1 Å². The predicted octanol–water partition coefficient (Wildman–Crippen LogP) is 4.99. The Kier molecular flexibility index (Phi) is 8.92. The number of hydrogen-bond acceptors (Lipinski definition) is 4. The Morgan fingerprint density at radius 1 is 1.00 bits per heavy atom. The monoisotopic (exact) mass is 446 g/mol. The van der Waals surface area contributed by atoms with Gasteiger partial charge in [-0.25, -0.2) is 4.79 Å². The highest BCUT2D eigenvalue weighted by Crippen LogP contribution is 2.30. The fourth-order valence-corrected chi connectivity index (χ4v) is 3.17. The lowest BCUT2D eigenvalue weighted by Crippen LogP contribution is -2.27. The minimum atomic E-state index is -0.606. The summed E-state index contributed by atoms with van der Waals surface area (Å²) >= 11 is 0. The van der Waals surface area contributed by atoms with Crippen molar-refractivity contribution in [3.8, 4) is 11.1 Å². The van der Waals surface area contributed by atoms with Crippen molar-refractivity contribution >= 4 is 23.9 Å². The quantitative estimate of drug-likeness (QED) is 0.420. The lowest BCUT2D eigenvalue weighted by atomic mass is 9.92. The van der Waals surface area contributed by atoms with Crippen molar-refractivity contribution in [2.24, 2.45) is 5.92 Å². The van der Waals surface area contributed by atoms with E-state index in [4.69, 9.17) is 4.74 Å². The summed E-state index contributed by atoms with van der Waals surface area (Å²) in [4.78, 5) is 38.2. The summed E-state index contributed by atoms with van der Waals surface area (Å²) in [5.41, 5.74) is 3.25. The highest BCUT2D eigenvalue weighted by atomic mass is 16.5. The minimum absolute atomic E-state index is 0.188. The zero-order valence-electron chi connectivity index (χ0n) is 19.5. The first kappa shape index (κ1) is 25.3. The van der Waals surface area contributed by atoms with E-state index in [1.807, 2.05) is 13.8 Å². The van der Waals surface area contributed by atoms with E-state index in [9.17, 15) is 14.4 Å². The Morgan fingerprint density at radius 2 is 1.67 bits per heavy atom. The number of amides is 2. The maximum atomic E-state index is 13.1. The molecule has 2 amide bonds. The molecule has 0 aliphatic heterocycles. The number of rotatable bonds is 9. The van der Waals surface area contributed by atoms with Crippen molar-refractivity contribution in [1.82, 2.24) is 10.6 Å². The minimum Gasteiger partial charge on any atom is -0.465 e. The molecule has 0 aliphatic carbocycles. The van der Waals surface area contributed by atoms with Gasteiger partial charge in [-0.3, -0.25) is 9.59 Å². The van der Waals surface area contributed by atoms with E-state index in [0.717, 1.165) is 5.56 Å². The largest absolute Gasteiger partial charge is 0.465 e. The lowest BCUT2D eigenvalue weighted by Gasteiger charge is -2.16. The number of carbonyl (C=O) groups excluding carboxylic acids is 3. The fourth-order valence-electron chi connectivity index (χ4n) is 3.17. The zero-order chi connectivity index (χ0) is 24.5. The molecule has 0 aliphatic rings. The Hall–Kier alpha value is -3.93. The molecule has 0 spiro atoms. The molecule has 2 aromatic rings. The van der Waals surface area contributed by atoms with Crippen molar-refractivity contribution in [2.75, 3.05) is 13.7 Å². The van der Waals surface area contributed by atoms with Gasteiger partial charge in [-0.05, 0) is 53.8 Å². The number of carbonyl (C=O) groups is 3. The molecule has 6 nitrogen and oxygen atoms in total. The van der Waals surface area contributed by atoms with Crippen molar-refractivity contribution in [3.63, 3.8) is 0 Å². The average molecular weight is 447 g/mol. The van der Waals surface area contributed by atoms with Gasteiger partial charge in [0.1, 0.15) is 0 Å². The first-order chi connectivity index (χ1) is 15.7. The number of methoxy groups -OCH3 is 1. The van der Waals surface area contributed by atoms with Gasteiger partial charge in [-0.2, -0.15) is 0 Å². The Labute approximate surface area is 195 Å². The summed E-state index contributed by atoms with van der Waals surface area (Å²) in [5, 5.41) is 5.65. The molecular weight excluding hydrogens is 416 g/mol. The molecule has 2 aromatic carbocycles. The highest BCUT2D eigenvalue weighted by molar-refractivity contribution is 6.07. The topological polar surface area (TPSA) is 84.5 Å².